The van der Waals surface area contributed by atoms with Crippen LogP contribution in [0.25, 0.3) is 10.9 Å². The Morgan fingerprint density at radius 3 is 2.82 bits per heavy atom. The first-order valence-corrected chi connectivity index (χ1v) is 6.12. The molecule has 2 aromatic rings. The minimum Gasteiger partial charge on any atom is -0.388 e. The summed E-state index contributed by atoms with van der Waals surface area (Å²) in [5, 5.41) is 7.79. The van der Waals surface area contributed by atoms with Gasteiger partial charge in [0.25, 0.3) is 0 Å². The van der Waals surface area contributed by atoms with Crippen LogP contribution in [-0.2, 0) is 6.54 Å². The molecule has 0 unspecified atom stereocenters. The topological polar surface area (TPSA) is 37.0 Å². The summed E-state index contributed by atoms with van der Waals surface area (Å²) in [6.07, 6.45) is 1.15. The average Bonchev–Trinajstić information content (AvgIpc) is 2.38. The van der Waals surface area contributed by atoms with Gasteiger partial charge < -0.3 is 10.6 Å². The Kier molecular flexibility index (Phi) is 3.94. The van der Waals surface area contributed by atoms with Crippen molar-refractivity contribution in [1.29, 1.82) is 0 Å². The van der Waals surface area contributed by atoms with E-state index >= 15 is 0 Å². The van der Waals surface area contributed by atoms with Crippen molar-refractivity contribution >= 4 is 16.6 Å². The van der Waals surface area contributed by atoms with E-state index in [2.05, 4.69) is 40.7 Å². The number of fused-ring (bicyclic) bond motifs is 1. The van der Waals surface area contributed by atoms with Gasteiger partial charge in [-0.3, -0.25) is 4.98 Å². The molecule has 1 heterocycles. The van der Waals surface area contributed by atoms with E-state index in [4.69, 9.17) is 0 Å². The zero-order valence-corrected chi connectivity index (χ0v) is 10.5. The van der Waals surface area contributed by atoms with Gasteiger partial charge in [-0.2, -0.15) is 0 Å². The number of pyridine rings is 1. The molecule has 1 aromatic heterocycles. The Morgan fingerprint density at radius 1 is 1.24 bits per heavy atom. The van der Waals surface area contributed by atoms with Crippen molar-refractivity contribution in [3.63, 3.8) is 0 Å². The third kappa shape index (κ3) is 2.74. The standard InChI is InChI=1S/C14H19N3/c1-3-8-16-10-11-9-14(15-2)12-6-4-5-7-13(12)17-11/h4-7,9,16H,3,8,10H2,1-2H3,(H,15,17). The highest BCUT2D eigenvalue weighted by Gasteiger charge is 2.03. The van der Waals surface area contributed by atoms with Gasteiger partial charge in [-0.05, 0) is 25.1 Å². The van der Waals surface area contributed by atoms with E-state index in [-0.39, 0.29) is 0 Å². The molecule has 3 heteroatoms. The SMILES string of the molecule is CCCNCc1cc(NC)c2ccccc2n1. The van der Waals surface area contributed by atoms with Crippen molar-refractivity contribution < 1.29 is 0 Å². The molecule has 3 nitrogen and oxygen atoms in total. The van der Waals surface area contributed by atoms with Crippen LogP contribution in [0.5, 0.6) is 0 Å². The predicted octanol–water partition coefficient (Wildman–Crippen LogP) is 2.78. The predicted molar refractivity (Wildman–Crippen MR) is 73.3 cm³/mol. The van der Waals surface area contributed by atoms with Crippen LogP contribution in [0.2, 0.25) is 0 Å². The van der Waals surface area contributed by atoms with Crippen molar-refractivity contribution in [3.05, 3.63) is 36.0 Å². The molecule has 0 radical (unpaired) electrons. The Labute approximate surface area is 102 Å². The number of anilines is 1. The number of benzene rings is 1. The van der Waals surface area contributed by atoms with Crippen LogP contribution < -0.4 is 10.6 Å². The maximum absolute atomic E-state index is 4.65. The molecule has 0 spiro atoms. The first kappa shape index (κ1) is 11.9. The average molecular weight is 229 g/mol. The van der Waals surface area contributed by atoms with Gasteiger partial charge in [0, 0.05) is 24.7 Å². The Balaban J connectivity index is 2.32. The van der Waals surface area contributed by atoms with Gasteiger partial charge in [-0.25, -0.2) is 0 Å². The van der Waals surface area contributed by atoms with Crippen molar-refractivity contribution in [3.8, 4) is 0 Å². The number of hydrogen-bond acceptors (Lipinski definition) is 3. The van der Waals surface area contributed by atoms with E-state index in [1.807, 2.05) is 19.2 Å². The van der Waals surface area contributed by atoms with Crippen LogP contribution in [0, 0.1) is 0 Å². The minimum absolute atomic E-state index is 0.827. The van der Waals surface area contributed by atoms with Crippen molar-refractivity contribution in [1.82, 2.24) is 10.3 Å². The zero-order valence-electron chi connectivity index (χ0n) is 10.5. The molecule has 17 heavy (non-hydrogen) atoms. The molecule has 2 rings (SSSR count). The fourth-order valence-electron chi connectivity index (χ4n) is 1.92. The van der Waals surface area contributed by atoms with Gasteiger partial charge in [-0.15, -0.1) is 0 Å². The molecule has 0 bridgehead atoms. The molecular formula is C14H19N3. The van der Waals surface area contributed by atoms with E-state index < -0.39 is 0 Å². The Bertz CT molecular complexity index is 494. The third-order valence-electron chi connectivity index (χ3n) is 2.77. The van der Waals surface area contributed by atoms with Crippen LogP contribution in [0.15, 0.2) is 30.3 Å². The Morgan fingerprint density at radius 2 is 2.06 bits per heavy atom. The fourth-order valence-corrected chi connectivity index (χ4v) is 1.92. The van der Waals surface area contributed by atoms with Crippen molar-refractivity contribution in [2.24, 2.45) is 0 Å². The van der Waals surface area contributed by atoms with Gasteiger partial charge in [0.2, 0.25) is 0 Å². The summed E-state index contributed by atoms with van der Waals surface area (Å²) in [7, 11) is 1.95. The van der Waals surface area contributed by atoms with Crippen LogP contribution in [0.1, 0.15) is 19.0 Å². The van der Waals surface area contributed by atoms with E-state index in [0.717, 1.165) is 36.4 Å². The van der Waals surface area contributed by atoms with Crippen LogP contribution in [0.4, 0.5) is 5.69 Å². The highest BCUT2D eigenvalue weighted by atomic mass is 14.9. The summed E-state index contributed by atoms with van der Waals surface area (Å²) < 4.78 is 0. The second-order valence-corrected chi connectivity index (χ2v) is 4.11. The molecule has 0 fully saturated rings. The third-order valence-corrected chi connectivity index (χ3v) is 2.77. The highest BCUT2D eigenvalue weighted by Crippen LogP contribution is 2.22. The van der Waals surface area contributed by atoms with E-state index in [1.54, 1.807) is 0 Å². The number of rotatable bonds is 5. The lowest BCUT2D eigenvalue weighted by Crippen LogP contribution is -2.15. The maximum Gasteiger partial charge on any atom is 0.0726 e. The van der Waals surface area contributed by atoms with Gasteiger partial charge in [0.05, 0.1) is 11.2 Å². The van der Waals surface area contributed by atoms with Gasteiger partial charge in [-0.1, -0.05) is 25.1 Å². The number of nitrogens with zero attached hydrogens (tertiary/aromatic N) is 1. The van der Waals surface area contributed by atoms with Gasteiger partial charge in [0.15, 0.2) is 0 Å². The summed E-state index contributed by atoms with van der Waals surface area (Å²) in [4.78, 5) is 4.65. The lowest BCUT2D eigenvalue weighted by molar-refractivity contribution is 0.666. The first-order valence-electron chi connectivity index (χ1n) is 6.12. The summed E-state index contributed by atoms with van der Waals surface area (Å²) >= 11 is 0. The summed E-state index contributed by atoms with van der Waals surface area (Å²) in [5.41, 5.74) is 3.28. The molecule has 0 aliphatic rings. The molecule has 0 saturated heterocycles. The molecule has 0 aliphatic carbocycles. The molecule has 2 N–H and O–H groups in total. The van der Waals surface area contributed by atoms with E-state index in [1.165, 1.54) is 5.39 Å². The normalized spacial score (nSPS) is 10.7. The smallest absolute Gasteiger partial charge is 0.0726 e. The Hall–Kier alpha value is -1.61. The monoisotopic (exact) mass is 229 g/mol. The molecular weight excluding hydrogens is 210 g/mol. The zero-order chi connectivity index (χ0) is 12.1. The number of hydrogen-bond donors (Lipinski definition) is 2. The summed E-state index contributed by atoms with van der Waals surface area (Å²) in [5.74, 6) is 0. The lowest BCUT2D eigenvalue weighted by atomic mass is 10.1. The van der Waals surface area contributed by atoms with Crippen LogP contribution in [-0.4, -0.2) is 18.6 Å². The number of aromatic nitrogens is 1. The second kappa shape index (κ2) is 5.64. The van der Waals surface area contributed by atoms with E-state index in [0.29, 0.717) is 0 Å². The van der Waals surface area contributed by atoms with E-state index in [9.17, 15) is 0 Å². The fraction of sp³-hybridized carbons (Fsp3) is 0.357. The van der Waals surface area contributed by atoms with Gasteiger partial charge in [0.1, 0.15) is 0 Å². The van der Waals surface area contributed by atoms with Crippen LogP contribution >= 0.6 is 0 Å². The summed E-state index contributed by atoms with van der Waals surface area (Å²) in [6, 6.07) is 10.3. The maximum atomic E-state index is 4.65. The molecule has 0 aliphatic heterocycles. The molecule has 90 valence electrons. The molecule has 0 amide bonds. The molecule has 1 aromatic carbocycles. The first-order chi connectivity index (χ1) is 8.35. The second-order valence-electron chi connectivity index (χ2n) is 4.11. The van der Waals surface area contributed by atoms with Crippen LogP contribution in [0.3, 0.4) is 0 Å². The quantitative estimate of drug-likeness (QED) is 0.774. The highest BCUT2D eigenvalue weighted by molar-refractivity contribution is 5.91. The number of para-hydroxylation sites is 1. The van der Waals surface area contributed by atoms with Crippen molar-refractivity contribution in [2.75, 3.05) is 18.9 Å². The minimum atomic E-state index is 0.827. The largest absolute Gasteiger partial charge is 0.388 e. The lowest BCUT2D eigenvalue weighted by Gasteiger charge is -2.09. The summed E-state index contributed by atoms with van der Waals surface area (Å²) in [6.45, 7) is 4.02. The number of nitrogens with one attached hydrogen (secondary N) is 2. The molecule has 0 saturated carbocycles. The van der Waals surface area contributed by atoms with Crippen molar-refractivity contribution in [2.45, 2.75) is 19.9 Å². The van der Waals surface area contributed by atoms with Gasteiger partial charge >= 0.3 is 0 Å². The molecule has 0 atom stereocenters.